The highest BCUT2D eigenvalue weighted by Crippen LogP contribution is 2.21. The first-order valence-corrected chi connectivity index (χ1v) is 8.90. The van der Waals surface area contributed by atoms with Crippen molar-refractivity contribution in [3.05, 3.63) is 48.5 Å². The van der Waals surface area contributed by atoms with E-state index in [0.717, 1.165) is 17.5 Å². The Bertz CT molecular complexity index is 599. The van der Waals surface area contributed by atoms with E-state index in [1.807, 2.05) is 42.5 Å². The van der Waals surface area contributed by atoms with Crippen LogP contribution in [0.15, 0.2) is 48.5 Å². The van der Waals surface area contributed by atoms with Gasteiger partial charge in [0.05, 0.1) is 6.61 Å². The zero-order chi connectivity index (χ0) is 17.2. The van der Waals surface area contributed by atoms with Crippen LogP contribution in [0.5, 0.6) is 5.75 Å². The number of benzene rings is 2. The largest absolute Gasteiger partial charge is 0.494 e. The van der Waals surface area contributed by atoms with E-state index in [2.05, 4.69) is 6.92 Å². The smallest absolute Gasteiger partial charge is 0.489 e. The molecule has 0 aliphatic rings. The van der Waals surface area contributed by atoms with Crippen molar-refractivity contribution in [3.63, 3.8) is 0 Å². The van der Waals surface area contributed by atoms with Crippen LogP contribution in [0, 0.1) is 0 Å². The van der Waals surface area contributed by atoms with Crippen LogP contribution in [-0.2, 0) is 0 Å². The van der Waals surface area contributed by atoms with Crippen LogP contribution in [0.25, 0.3) is 11.1 Å². The van der Waals surface area contributed by atoms with Crippen molar-refractivity contribution in [3.8, 4) is 16.9 Å². The summed E-state index contributed by atoms with van der Waals surface area (Å²) in [5, 5.41) is 19.4. The van der Waals surface area contributed by atoms with Crippen LogP contribution in [0.4, 0.5) is 0 Å². The van der Waals surface area contributed by atoms with Crippen molar-refractivity contribution in [1.82, 2.24) is 0 Å². The second-order valence-electron chi connectivity index (χ2n) is 6.10. The second-order valence-corrected chi connectivity index (χ2v) is 6.10. The molecule has 0 atom stereocenters. The highest BCUT2D eigenvalue weighted by atomic mass is 16.5. The molecule has 0 spiro atoms. The summed E-state index contributed by atoms with van der Waals surface area (Å²) in [7, 11) is -1.52. The van der Waals surface area contributed by atoms with E-state index in [0.29, 0.717) is 17.8 Å². The van der Waals surface area contributed by atoms with E-state index in [4.69, 9.17) is 4.74 Å². The van der Waals surface area contributed by atoms with Gasteiger partial charge < -0.3 is 14.8 Å². The average Bonchev–Trinajstić information content (AvgIpc) is 2.61. The zero-order valence-corrected chi connectivity index (χ0v) is 14.4. The SMILES string of the molecule is CCCCCCCCOc1ccc(-c2ccccc2)c(B(O)O)c1. The summed E-state index contributed by atoms with van der Waals surface area (Å²) in [6, 6.07) is 15.2. The molecule has 0 heterocycles. The average molecular weight is 326 g/mol. The first-order chi connectivity index (χ1) is 11.7. The van der Waals surface area contributed by atoms with Crippen molar-refractivity contribution < 1.29 is 14.8 Å². The Balaban J connectivity index is 1.94. The van der Waals surface area contributed by atoms with Crippen LogP contribution in [0.3, 0.4) is 0 Å². The minimum absolute atomic E-state index is 0.474. The van der Waals surface area contributed by atoms with E-state index < -0.39 is 7.12 Å². The quantitative estimate of drug-likeness (QED) is 0.516. The first kappa shape index (κ1) is 18.6. The Kier molecular flexibility index (Phi) is 7.86. The molecule has 128 valence electrons. The van der Waals surface area contributed by atoms with Crippen molar-refractivity contribution in [2.75, 3.05) is 6.61 Å². The molecule has 0 saturated heterocycles. The van der Waals surface area contributed by atoms with Gasteiger partial charge in [-0.25, -0.2) is 0 Å². The van der Waals surface area contributed by atoms with E-state index in [9.17, 15) is 10.0 Å². The predicted octanol–water partition coefficient (Wildman–Crippen LogP) is 3.77. The lowest BCUT2D eigenvalue weighted by Gasteiger charge is -2.13. The molecule has 3 nitrogen and oxygen atoms in total. The van der Waals surface area contributed by atoms with Gasteiger partial charge in [0, 0.05) is 0 Å². The summed E-state index contributed by atoms with van der Waals surface area (Å²) in [5.41, 5.74) is 2.25. The van der Waals surface area contributed by atoms with Gasteiger partial charge in [-0.2, -0.15) is 0 Å². The molecule has 0 amide bonds. The Morgan fingerprint density at radius 1 is 0.875 bits per heavy atom. The summed E-state index contributed by atoms with van der Waals surface area (Å²) in [4.78, 5) is 0. The number of hydrogen-bond donors (Lipinski definition) is 2. The summed E-state index contributed by atoms with van der Waals surface area (Å²) in [6.45, 7) is 2.88. The standard InChI is InChI=1S/C20H27BO3/c1-2-3-4-5-6-10-15-24-18-13-14-19(20(16-18)21(22)23)17-11-8-7-9-12-17/h7-9,11-14,16,22-23H,2-6,10,15H2,1H3. The van der Waals surface area contributed by atoms with Gasteiger partial charge in [0.25, 0.3) is 0 Å². The third kappa shape index (κ3) is 5.70. The second kappa shape index (κ2) is 10.2. The number of hydrogen-bond acceptors (Lipinski definition) is 3. The molecule has 24 heavy (non-hydrogen) atoms. The number of rotatable bonds is 10. The lowest BCUT2D eigenvalue weighted by Crippen LogP contribution is -2.31. The highest BCUT2D eigenvalue weighted by Gasteiger charge is 2.18. The molecule has 0 aliphatic heterocycles. The lowest BCUT2D eigenvalue weighted by atomic mass is 9.75. The van der Waals surface area contributed by atoms with Crippen molar-refractivity contribution in [2.24, 2.45) is 0 Å². The summed E-state index contributed by atoms with van der Waals surface area (Å²) >= 11 is 0. The Morgan fingerprint density at radius 3 is 2.29 bits per heavy atom. The molecular formula is C20H27BO3. The maximum atomic E-state index is 9.68. The molecule has 2 N–H and O–H groups in total. The molecule has 0 aliphatic carbocycles. The third-order valence-corrected chi connectivity index (χ3v) is 4.15. The van der Waals surface area contributed by atoms with Crippen molar-refractivity contribution in [1.29, 1.82) is 0 Å². The fourth-order valence-corrected chi connectivity index (χ4v) is 2.80. The molecule has 0 radical (unpaired) electrons. The maximum Gasteiger partial charge on any atom is 0.489 e. The molecule has 2 aromatic carbocycles. The van der Waals surface area contributed by atoms with Gasteiger partial charge >= 0.3 is 7.12 Å². The van der Waals surface area contributed by atoms with Gasteiger partial charge in [0.1, 0.15) is 5.75 Å². The zero-order valence-electron chi connectivity index (χ0n) is 14.4. The van der Waals surface area contributed by atoms with E-state index in [1.54, 1.807) is 6.07 Å². The molecule has 4 heteroatoms. The normalized spacial score (nSPS) is 10.6. The topological polar surface area (TPSA) is 49.7 Å². The van der Waals surface area contributed by atoms with Crippen LogP contribution in [0.2, 0.25) is 0 Å². The third-order valence-electron chi connectivity index (χ3n) is 4.15. The Labute approximate surface area is 145 Å². The van der Waals surface area contributed by atoms with Gasteiger partial charge in [0.2, 0.25) is 0 Å². The van der Waals surface area contributed by atoms with Crippen LogP contribution in [0.1, 0.15) is 45.4 Å². The molecule has 0 saturated carbocycles. The van der Waals surface area contributed by atoms with Gasteiger partial charge in [-0.3, -0.25) is 0 Å². The van der Waals surface area contributed by atoms with Crippen LogP contribution >= 0.6 is 0 Å². The lowest BCUT2D eigenvalue weighted by molar-refractivity contribution is 0.304. The molecule has 0 bridgehead atoms. The molecule has 0 unspecified atom stereocenters. The van der Waals surface area contributed by atoms with Gasteiger partial charge in [-0.05, 0) is 35.1 Å². The first-order valence-electron chi connectivity index (χ1n) is 8.90. The Hall–Kier alpha value is -1.78. The minimum Gasteiger partial charge on any atom is -0.494 e. The Morgan fingerprint density at radius 2 is 1.58 bits per heavy atom. The van der Waals surface area contributed by atoms with E-state index >= 15 is 0 Å². The number of unbranched alkanes of at least 4 members (excludes halogenated alkanes) is 5. The highest BCUT2D eigenvalue weighted by molar-refractivity contribution is 6.60. The van der Waals surface area contributed by atoms with Crippen LogP contribution in [-0.4, -0.2) is 23.8 Å². The van der Waals surface area contributed by atoms with Crippen molar-refractivity contribution in [2.45, 2.75) is 45.4 Å². The van der Waals surface area contributed by atoms with Crippen molar-refractivity contribution >= 4 is 12.6 Å². The monoisotopic (exact) mass is 326 g/mol. The van der Waals surface area contributed by atoms with Crippen LogP contribution < -0.4 is 10.2 Å². The summed E-state index contributed by atoms with van der Waals surface area (Å²) in [5.74, 6) is 0.686. The maximum absolute atomic E-state index is 9.68. The molecular weight excluding hydrogens is 299 g/mol. The molecule has 0 fully saturated rings. The predicted molar refractivity (Wildman–Crippen MR) is 101 cm³/mol. The minimum atomic E-state index is -1.52. The van der Waals surface area contributed by atoms with E-state index in [-0.39, 0.29) is 0 Å². The molecule has 2 rings (SSSR count). The fourth-order valence-electron chi connectivity index (χ4n) is 2.80. The molecule has 0 aromatic heterocycles. The fraction of sp³-hybridized carbons (Fsp3) is 0.400. The van der Waals surface area contributed by atoms with E-state index in [1.165, 1.54) is 32.1 Å². The number of ether oxygens (including phenoxy) is 1. The molecule has 2 aromatic rings. The van der Waals surface area contributed by atoms with Gasteiger partial charge in [-0.1, -0.05) is 75.4 Å². The summed E-state index contributed by atoms with van der Waals surface area (Å²) in [6.07, 6.45) is 7.32. The van der Waals surface area contributed by atoms with Gasteiger partial charge in [0.15, 0.2) is 0 Å². The van der Waals surface area contributed by atoms with Gasteiger partial charge in [-0.15, -0.1) is 0 Å². The summed E-state index contributed by atoms with van der Waals surface area (Å²) < 4.78 is 5.77.